The van der Waals surface area contributed by atoms with Gasteiger partial charge in [0.15, 0.2) is 0 Å². The molecule has 1 aliphatic carbocycles. The lowest BCUT2D eigenvalue weighted by Gasteiger charge is -2.41. The van der Waals surface area contributed by atoms with E-state index in [0.29, 0.717) is 23.8 Å². The van der Waals surface area contributed by atoms with Gasteiger partial charge in [0.25, 0.3) is 0 Å². The van der Waals surface area contributed by atoms with Crippen molar-refractivity contribution in [3.63, 3.8) is 0 Å². The van der Waals surface area contributed by atoms with Crippen molar-refractivity contribution < 1.29 is 24.5 Å². The van der Waals surface area contributed by atoms with Crippen LogP contribution in [0, 0.1) is 11.8 Å². The first kappa shape index (κ1) is 23.3. The van der Waals surface area contributed by atoms with Crippen LogP contribution in [0.15, 0.2) is 35.9 Å². The van der Waals surface area contributed by atoms with Crippen molar-refractivity contribution in [2.75, 3.05) is 19.7 Å². The maximum absolute atomic E-state index is 13.1. The van der Waals surface area contributed by atoms with Gasteiger partial charge in [-0.25, -0.2) is 0 Å². The summed E-state index contributed by atoms with van der Waals surface area (Å²) in [6, 6.07) is 6.79. The van der Waals surface area contributed by atoms with Crippen LogP contribution in [0.3, 0.4) is 0 Å². The zero-order valence-electron chi connectivity index (χ0n) is 18.7. The third kappa shape index (κ3) is 4.77. The first-order chi connectivity index (χ1) is 14.8. The van der Waals surface area contributed by atoms with Crippen LogP contribution >= 0.6 is 0 Å². The molecule has 0 radical (unpaired) electrons. The highest BCUT2D eigenvalue weighted by Crippen LogP contribution is 2.47. The Hall–Kier alpha value is -2.38. The van der Waals surface area contributed by atoms with E-state index in [1.165, 1.54) is 0 Å². The van der Waals surface area contributed by atoms with Crippen molar-refractivity contribution >= 4 is 11.8 Å². The van der Waals surface area contributed by atoms with Gasteiger partial charge in [-0.3, -0.25) is 9.59 Å². The van der Waals surface area contributed by atoms with Crippen molar-refractivity contribution in [2.45, 2.75) is 58.3 Å². The SMILES string of the molecule is CC(C)CCN(C(=O)C(C)C)[C@@H]1C=C(C(=O)NCCO)[C@@H]2c3ccccc3O[C@@H]2[C@H]1O. The predicted molar refractivity (Wildman–Crippen MR) is 118 cm³/mol. The fourth-order valence-corrected chi connectivity index (χ4v) is 4.33. The largest absolute Gasteiger partial charge is 0.486 e. The number of aliphatic hydroxyl groups excluding tert-OH is 2. The average Bonchev–Trinajstić information content (AvgIpc) is 3.13. The van der Waals surface area contributed by atoms with Crippen molar-refractivity contribution in [2.24, 2.45) is 11.8 Å². The van der Waals surface area contributed by atoms with E-state index in [0.717, 1.165) is 12.0 Å². The fourth-order valence-electron chi connectivity index (χ4n) is 4.33. The van der Waals surface area contributed by atoms with E-state index in [2.05, 4.69) is 19.2 Å². The summed E-state index contributed by atoms with van der Waals surface area (Å²) in [6.07, 6.45) is 0.881. The lowest BCUT2D eigenvalue weighted by atomic mass is 9.77. The molecule has 0 bridgehead atoms. The standard InChI is InChI=1S/C24H34N2O5/c1-14(2)9-11-26(24(30)15(3)4)18-13-17(23(29)25-10-12-27)20-16-7-5-6-8-19(16)31-22(20)21(18)28/h5-8,13-15,18,20-22,27-28H,9-12H2,1-4H3,(H,25,29)/t18-,20+,21+,22+/m1/s1. The van der Waals surface area contributed by atoms with Crippen LogP contribution in [0.1, 0.15) is 45.6 Å². The fraction of sp³-hybridized carbons (Fsp3) is 0.583. The van der Waals surface area contributed by atoms with E-state index in [9.17, 15) is 14.7 Å². The molecule has 2 amide bonds. The Morgan fingerprint density at radius 2 is 1.90 bits per heavy atom. The Labute approximate surface area is 184 Å². The Balaban J connectivity index is 2.03. The van der Waals surface area contributed by atoms with Gasteiger partial charge in [0, 0.05) is 30.1 Å². The summed E-state index contributed by atoms with van der Waals surface area (Å²) in [6.45, 7) is 8.30. The van der Waals surface area contributed by atoms with Gasteiger partial charge in [-0.1, -0.05) is 45.9 Å². The molecule has 0 aromatic heterocycles. The van der Waals surface area contributed by atoms with E-state index in [4.69, 9.17) is 9.84 Å². The van der Waals surface area contributed by atoms with Gasteiger partial charge >= 0.3 is 0 Å². The molecule has 3 rings (SSSR count). The lowest BCUT2D eigenvalue weighted by Crippen LogP contribution is -2.56. The van der Waals surface area contributed by atoms with Crippen LogP contribution < -0.4 is 10.1 Å². The molecule has 1 aromatic carbocycles. The number of nitrogens with one attached hydrogen (secondary N) is 1. The minimum Gasteiger partial charge on any atom is -0.486 e. The van der Waals surface area contributed by atoms with Gasteiger partial charge in [0.1, 0.15) is 18.0 Å². The molecule has 3 N–H and O–H groups in total. The molecule has 1 heterocycles. The third-order valence-corrected chi connectivity index (χ3v) is 5.96. The van der Waals surface area contributed by atoms with E-state index in [1.54, 1.807) is 11.0 Å². The summed E-state index contributed by atoms with van der Waals surface area (Å²) >= 11 is 0. The van der Waals surface area contributed by atoms with E-state index in [1.807, 2.05) is 38.1 Å². The van der Waals surface area contributed by atoms with Crippen LogP contribution in [0.25, 0.3) is 0 Å². The van der Waals surface area contributed by atoms with Crippen molar-refractivity contribution in [1.29, 1.82) is 0 Å². The number of rotatable bonds is 8. The number of fused-ring (bicyclic) bond motifs is 3. The zero-order valence-corrected chi connectivity index (χ0v) is 18.7. The number of aliphatic hydroxyl groups is 2. The third-order valence-electron chi connectivity index (χ3n) is 5.96. The molecule has 0 fully saturated rings. The predicted octanol–water partition coefficient (Wildman–Crippen LogP) is 1.84. The molecular formula is C24H34N2O5. The minimum atomic E-state index is -0.971. The number of ether oxygens (including phenoxy) is 1. The van der Waals surface area contributed by atoms with Gasteiger partial charge in [0.2, 0.25) is 11.8 Å². The molecule has 7 heteroatoms. The highest BCUT2D eigenvalue weighted by molar-refractivity contribution is 5.96. The van der Waals surface area contributed by atoms with Crippen LogP contribution in [0.4, 0.5) is 0 Å². The number of amides is 2. The molecule has 4 atom stereocenters. The smallest absolute Gasteiger partial charge is 0.247 e. The summed E-state index contributed by atoms with van der Waals surface area (Å²) in [5.41, 5.74) is 1.31. The lowest BCUT2D eigenvalue weighted by molar-refractivity contribution is -0.140. The Morgan fingerprint density at radius 1 is 1.19 bits per heavy atom. The second kappa shape index (κ2) is 9.83. The second-order valence-electron chi connectivity index (χ2n) is 9.05. The number of benzene rings is 1. The molecule has 1 aromatic rings. The van der Waals surface area contributed by atoms with Crippen LogP contribution in [-0.2, 0) is 9.59 Å². The molecule has 2 aliphatic rings. The van der Waals surface area contributed by atoms with Crippen molar-refractivity contribution in [3.8, 4) is 5.75 Å². The number of para-hydroxylation sites is 1. The molecule has 170 valence electrons. The summed E-state index contributed by atoms with van der Waals surface area (Å²) in [5.74, 6) is -0.0191. The molecular weight excluding hydrogens is 396 g/mol. The summed E-state index contributed by atoms with van der Waals surface area (Å²) < 4.78 is 6.10. The molecule has 0 saturated heterocycles. The number of hydrogen-bond donors (Lipinski definition) is 3. The van der Waals surface area contributed by atoms with Gasteiger partial charge in [-0.05, 0) is 24.5 Å². The molecule has 7 nitrogen and oxygen atoms in total. The summed E-state index contributed by atoms with van der Waals surface area (Å²) in [4.78, 5) is 27.8. The number of carbonyl (C=O) groups excluding carboxylic acids is 2. The molecule has 0 unspecified atom stereocenters. The van der Waals surface area contributed by atoms with Gasteiger partial charge < -0.3 is 25.2 Å². The topological polar surface area (TPSA) is 99.1 Å². The molecule has 0 spiro atoms. The Morgan fingerprint density at radius 3 is 2.55 bits per heavy atom. The van der Waals surface area contributed by atoms with E-state index in [-0.39, 0.29) is 30.9 Å². The Kier molecular flexibility index (Phi) is 7.38. The molecule has 31 heavy (non-hydrogen) atoms. The zero-order chi connectivity index (χ0) is 22.7. The highest BCUT2D eigenvalue weighted by atomic mass is 16.5. The molecule has 0 saturated carbocycles. The van der Waals surface area contributed by atoms with Crippen molar-refractivity contribution in [1.82, 2.24) is 10.2 Å². The average molecular weight is 431 g/mol. The molecule has 1 aliphatic heterocycles. The van der Waals surface area contributed by atoms with Crippen LogP contribution in [0.5, 0.6) is 5.75 Å². The minimum absolute atomic E-state index is 0.0648. The number of carbonyl (C=O) groups is 2. The highest BCUT2D eigenvalue weighted by Gasteiger charge is 2.50. The van der Waals surface area contributed by atoms with Gasteiger partial charge in [0.05, 0.1) is 18.6 Å². The maximum Gasteiger partial charge on any atom is 0.247 e. The maximum atomic E-state index is 13.1. The van der Waals surface area contributed by atoms with E-state index < -0.39 is 24.2 Å². The number of hydrogen-bond acceptors (Lipinski definition) is 5. The monoisotopic (exact) mass is 430 g/mol. The normalized spacial score (nSPS) is 24.3. The first-order valence-corrected chi connectivity index (χ1v) is 11.1. The van der Waals surface area contributed by atoms with Gasteiger partial charge in [-0.2, -0.15) is 0 Å². The first-order valence-electron chi connectivity index (χ1n) is 11.1. The summed E-state index contributed by atoms with van der Waals surface area (Å²) in [7, 11) is 0. The van der Waals surface area contributed by atoms with Gasteiger partial charge in [-0.15, -0.1) is 0 Å². The van der Waals surface area contributed by atoms with E-state index >= 15 is 0 Å². The summed E-state index contributed by atoms with van der Waals surface area (Å²) in [5, 5.41) is 23.2. The van der Waals surface area contributed by atoms with Crippen LogP contribution in [0.2, 0.25) is 0 Å². The second-order valence-corrected chi connectivity index (χ2v) is 9.05. The number of nitrogens with zero attached hydrogens (tertiary/aromatic N) is 1. The van der Waals surface area contributed by atoms with Crippen LogP contribution in [-0.4, -0.2) is 64.9 Å². The Bertz CT molecular complexity index is 835. The quantitative estimate of drug-likeness (QED) is 0.585. The van der Waals surface area contributed by atoms with Crippen molar-refractivity contribution in [3.05, 3.63) is 41.5 Å².